The number of aryl methyl sites for hydroxylation is 5. The van der Waals surface area contributed by atoms with Crippen molar-refractivity contribution >= 4 is 40.3 Å². The number of hydrogen-bond donors (Lipinski definition) is 0. The minimum Gasteiger partial charge on any atom is -0.494 e. The van der Waals surface area contributed by atoms with Gasteiger partial charge in [-0.15, -0.1) is 0 Å². The number of aliphatic imine (C=N–C) groups is 1. The first-order valence-electron chi connectivity index (χ1n) is 12.4. The molecule has 7 heteroatoms. The van der Waals surface area contributed by atoms with Gasteiger partial charge in [0.1, 0.15) is 5.75 Å². The van der Waals surface area contributed by atoms with Gasteiger partial charge in [-0.05, 0) is 82.3 Å². The van der Waals surface area contributed by atoms with Crippen LogP contribution in [0.15, 0.2) is 29.3 Å². The van der Waals surface area contributed by atoms with E-state index in [0.29, 0.717) is 6.61 Å². The van der Waals surface area contributed by atoms with Crippen LogP contribution in [0.5, 0.6) is 5.75 Å². The maximum absolute atomic E-state index is 6.91. The Bertz CT molecular complexity index is 1490. The van der Waals surface area contributed by atoms with Gasteiger partial charge in [0.25, 0.3) is 0 Å². The van der Waals surface area contributed by atoms with Gasteiger partial charge in [-0.2, -0.15) is 5.10 Å². The Morgan fingerprint density at radius 3 is 2.44 bits per heavy atom. The molecule has 0 saturated carbocycles. The first-order valence-corrected chi connectivity index (χ1v) is 13.2. The molecule has 0 spiro atoms. The minimum atomic E-state index is 0.243. The van der Waals surface area contributed by atoms with Crippen LogP contribution in [-0.2, 0) is 13.5 Å². The fraction of sp³-hybridized carbons (Fsp3) is 0.379. The molecule has 1 aliphatic heterocycles. The molecule has 0 aliphatic carbocycles. The predicted molar refractivity (Wildman–Crippen MR) is 151 cm³/mol. The third-order valence-electron chi connectivity index (χ3n) is 7.29. The largest absolute Gasteiger partial charge is 0.494 e. The topological polar surface area (TPSA) is 44.3 Å². The van der Waals surface area contributed by atoms with Crippen LogP contribution in [0.4, 0.5) is 0 Å². The highest BCUT2D eigenvalue weighted by molar-refractivity contribution is 6.35. The monoisotopic (exact) mass is 522 g/mol. The SMILES string of the molecule is Cc1cc(OCCCc2c3n(c4c(-c5c(C)nn(C)c5C)c(Cl)ccc24)[C@H](C)CN=C3)cc(C)c1Cl. The van der Waals surface area contributed by atoms with Crippen LogP contribution >= 0.6 is 23.2 Å². The average Bonchev–Trinajstić information content (AvgIpc) is 3.29. The molecule has 0 saturated heterocycles. The van der Waals surface area contributed by atoms with Crippen LogP contribution in [0, 0.1) is 27.7 Å². The lowest BCUT2D eigenvalue weighted by Gasteiger charge is -2.21. The molecule has 0 bridgehead atoms. The van der Waals surface area contributed by atoms with E-state index in [0.717, 1.165) is 68.8 Å². The minimum absolute atomic E-state index is 0.243. The summed E-state index contributed by atoms with van der Waals surface area (Å²) in [4.78, 5) is 4.68. The summed E-state index contributed by atoms with van der Waals surface area (Å²) in [6, 6.07) is 8.44. The lowest BCUT2D eigenvalue weighted by atomic mass is 9.98. The second kappa shape index (κ2) is 9.60. The standard InChI is InChI=1S/C29H32Cl2N4O/c1-16-12-21(13-17(2)28(16)31)36-11-7-8-22-23-9-10-24(30)27(26-19(4)33-34(6)20(26)5)29(23)35-18(3)14-32-15-25(22)35/h9-10,12-13,15,18H,7-8,11,14H2,1-6H3/t18-/m1/s1. The highest BCUT2D eigenvalue weighted by atomic mass is 35.5. The number of halogens is 2. The van der Waals surface area contributed by atoms with E-state index in [1.165, 1.54) is 22.2 Å². The summed E-state index contributed by atoms with van der Waals surface area (Å²) in [5.74, 6) is 0.866. The van der Waals surface area contributed by atoms with Crippen LogP contribution in [0.25, 0.3) is 22.0 Å². The van der Waals surface area contributed by atoms with Gasteiger partial charge in [-0.1, -0.05) is 29.3 Å². The third kappa shape index (κ3) is 4.12. The first kappa shape index (κ1) is 24.9. The second-order valence-electron chi connectivity index (χ2n) is 9.89. The number of hydrogen-bond acceptors (Lipinski definition) is 3. The molecule has 3 heterocycles. The number of aromatic nitrogens is 3. The second-order valence-corrected chi connectivity index (χ2v) is 10.7. The molecule has 5 nitrogen and oxygen atoms in total. The van der Waals surface area contributed by atoms with Crippen molar-refractivity contribution in [2.24, 2.45) is 12.0 Å². The Hall–Kier alpha value is -2.76. The van der Waals surface area contributed by atoms with Crippen molar-refractivity contribution in [1.82, 2.24) is 14.3 Å². The maximum Gasteiger partial charge on any atom is 0.119 e. The molecule has 0 radical (unpaired) electrons. The molecule has 1 atom stereocenters. The van der Waals surface area contributed by atoms with E-state index in [1.54, 1.807) is 0 Å². The van der Waals surface area contributed by atoms with E-state index in [-0.39, 0.29) is 6.04 Å². The number of nitrogens with zero attached hydrogens (tertiary/aromatic N) is 4. The van der Waals surface area contributed by atoms with Gasteiger partial charge in [0.15, 0.2) is 0 Å². The molecule has 0 fully saturated rings. The molecule has 5 rings (SSSR count). The van der Waals surface area contributed by atoms with Crippen molar-refractivity contribution in [3.63, 3.8) is 0 Å². The van der Waals surface area contributed by atoms with Crippen LogP contribution < -0.4 is 4.74 Å². The van der Waals surface area contributed by atoms with Crippen LogP contribution in [0.3, 0.4) is 0 Å². The number of ether oxygens (including phenoxy) is 1. The Morgan fingerprint density at radius 1 is 1.06 bits per heavy atom. The molecule has 1 aliphatic rings. The van der Waals surface area contributed by atoms with Gasteiger partial charge in [0, 0.05) is 40.5 Å². The quantitative estimate of drug-likeness (QED) is 0.245. The number of fused-ring (bicyclic) bond motifs is 3. The highest BCUT2D eigenvalue weighted by Gasteiger charge is 2.27. The summed E-state index contributed by atoms with van der Waals surface area (Å²) in [5.41, 5.74) is 9.99. The molecule has 2 aromatic carbocycles. The van der Waals surface area contributed by atoms with Crippen LogP contribution in [-0.4, -0.2) is 33.7 Å². The van der Waals surface area contributed by atoms with Gasteiger partial charge >= 0.3 is 0 Å². The molecule has 188 valence electrons. The Balaban J connectivity index is 1.54. The van der Waals surface area contributed by atoms with Gasteiger partial charge in [-0.3, -0.25) is 9.67 Å². The molecule has 4 aromatic rings. The molecule has 0 amide bonds. The maximum atomic E-state index is 6.91. The predicted octanol–water partition coefficient (Wildman–Crippen LogP) is 7.59. The Morgan fingerprint density at radius 2 is 1.78 bits per heavy atom. The number of rotatable bonds is 6. The van der Waals surface area contributed by atoms with E-state index in [1.807, 2.05) is 50.0 Å². The lowest BCUT2D eigenvalue weighted by molar-refractivity contribution is 0.310. The molecular weight excluding hydrogens is 491 g/mol. The van der Waals surface area contributed by atoms with Crippen molar-refractivity contribution < 1.29 is 4.74 Å². The summed E-state index contributed by atoms with van der Waals surface area (Å²) in [5, 5.41) is 7.46. The van der Waals surface area contributed by atoms with Crippen LogP contribution in [0.1, 0.15) is 53.2 Å². The van der Waals surface area contributed by atoms with Gasteiger partial charge in [0.05, 0.1) is 41.1 Å². The third-order valence-corrected chi connectivity index (χ3v) is 8.21. The average molecular weight is 524 g/mol. The summed E-state index contributed by atoms with van der Waals surface area (Å²) < 4.78 is 10.5. The summed E-state index contributed by atoms with van der Waals surface area (Å²) >= 11 is 13.2. The zero-order chi connectivity index (χ0) is 25.7. The fourth-order valence-corrected chi connectivity index (χ4v) is 5.86. The smallest absolute Gasteiger partial charge is 0.119 e. The summed E-state index contributed by atoms with van der Waals surface area (Å²) in [6.45, 7) is 11.8. The van der Waals surface area contributed by atoms with Crippen molar-refractivity contribution in [3.8, 4) is 16.9 Å². The van der Waals surface area contributed by atoms with Gasteiger partial charge in [0.2, 0.25) is 0 Å². The van der Waals surface area contributed by atoms with Crippen molar-refractivity contribution in [2.75, 3.05) is 13.2 Å². The van der Waals surface area contributed by atoms with E-state index in [4.69, 9.17) is 27.9 Å². The molecule has 36 heavy (non-hydrogen) atoms. The Labute approximate surface area is 222 Å². The Kier molecular flexibility index (Phi) is 6.65. The zero-order valence-electron chi connectivity index (χ0n) is 21.7. The van der Waals surface area contributed by atoms with E-state index in [9.17, 15) is 0 Å². The molecular formula is C29H32Cl2N4O. The molecule has 0 N–H and O–H groups in total. The van der Waals surface area contributed by atoms with Crippen molar-refractivity contribution in [1.29, 1.82) is 0 Å². The molecule has 0 unspecified atom stereocenters. The lowest BCUT2D eigenvalue weighted by Crippen LogP contribution is -2.17. The van der Waals surface area contributed by atoms with E-state index in [2.05, 4.69) is 41.5 Å². The normalized spacial score (nSPS) is 15.1. The van der Waals surface area contributed by atoms with Crippen molar-refractivity contribution in [3.05, 3.63) is 68.1 Å². The zero-order valence-corrected chi connectivity index (χ0v) is 23.3. The summed E-state index contributed by atoms with van der Waals surface area (Å²) in [7, 11) is 1.98. The van der Waals surface area contributed by atoms with Crippen LogP contribution in [0.2, 0.25) is 10.0 Å². The fourth-order valence-electron chi connectivity index (χ4n) is 5.50. The first-order chi connectivity index (χ1) is 17.2. The van der Waals surface area contributed by atoms with Gasteiger partial charge < -0.3 is 9.30 Å². The highest BCUT2D eigenvalue weighted by Crippen LogP contribution is 2.43. The van der Waals surface area contributed by atoms with E-state index >= 15 is 0 Å². The van der Waals surface area contributed by atoms with E-state index < -0.39 is 0 Å². The van der Waals surface area contributed by atoms with Crippen molar-refractivity contribution in [2.45, 2.75) is 53.5 Å². The number of benzene rings is 2. The molecule has 2 aromatic heterocycles. The summed E-state index contributed by atoms with van der Waals surface area (Å²) in [6.07, 6.45) is 3.80. The van der Waals surface area contributed by atoms with Gasteiger partial charge in [-0.25, -0.2) is 0 Å².